The summed E-state index contributed by atoms with van der Waals surface area (Å²) in [5.41, 5.74) is 2.68. The van der Waals surface area contributed by atoms with E-state index in [-0.39, 0.29) is 22.0 Å². The van der Waals surface area contributed by atoms with Gasteiger partial charge in [-0.1, -0.05) is 36.4 Å². The lowest BCUT2D eigenvalue weighted by Gasteiger charge is -2.24. The largest absolute Gasteiger partial charge is 0.490 e. The molecule has 13 heteroatoms. The van der Waals surface area contributed by atoms with E-state index in [0.29, 0.717) is 13.1 Å². The Hall–Kier alpha value is -4.13. The van der Waals surface area contributed by atoms with Crippen LogP contribution in [0.3, 0.4) is 0 Å². The van der Waals surface area contributed by atoms with E-state index in [2.05, 4.69) is 9.71 Å². The number of pyridine rings is 1. The van der Waals surface area contributed by atoms with Crippen LogP contribution in [-0.4, -0.2) is 48.3 Å². The van der Waals surface area contributed by atoms with E-state index in [1.807, 2.05) is 62.1 Å². The molecule has 3 N–H and O–H groups in total. The highest BCUT2D eigenvalue weighted by atomic mass is 32.2. The second-order valence-electron chi connectivity index (χ2n) is 8.13. The number of carbonyl (C=O) groups is 2. The van der Waals surface area contributed by atoms with Crippen molar-refractivity contribution in [1.29, 1.82) is 0 Å². The van der Waals surface area contributed by atoms with E-state index in [1.165, 1.54) is 12.3 Å². The quantitative estimate of drug-likeness (QED) is 0.360. The molecule has 0 fully saturated rings. The molecule has 0 saturated heterocycles. The molecule has 0 unspecified atom stereocenters. The summed E-state index contributed by atoms with van der Waals surface area (Å²) in [4.78, 5) is 27.1. The predicted octanol–water partition coefficient (Wildman–Crippen LogP) is 4.86. The highest BCUT2D eigenvalue weighted by Crippen LogP contribution is 2.25. The van der Waals surface area contributed by atoms with Gasteiger partial charge in [-0.3, -0.25) is 4.72 Å². The number of sulfonamides is 1. The summed E-state index contributed by atoms with van der Waals surface area (Å²) in [5, 5.41) is 16.9. The second kappa shape index (κ2) is 12.4. The van der Waals surface area contributed by atoms with Crippen LogP contribution in [0.15, 0.2) is 65.7 Å². The first kappa shape index (κ1) is 30.1. The Morgan fingerprint density at radius 1 is 1.00 bits per heavy atom. The van der Waals surface area contributed by atoms with Gasteiger partial charge in [-0.2, -0.15) is 13.2 Å². The molecule has 204 valence electrons. The molecule has 0 aliphatic heterocycles. The number of hydrogen-bond acceptors (Lipinski definition) is 6. The molecule has 0 bridgehead atoms. The number of carboxylic acids is 2. The highest BCUT2D eigenvalue weighted by molar-refractivity contribution is 7.92. The molecule has 1 heterocycles. The number of hydrogen-bond donors (Lipinski definition) is 3. The number of alkyl halides is 3. The second-order valence-corrected chi connectivity index (χ2v) is 9.81. The molecule has 0 radical (unpaired) electrons. The molecule has 38 heavy (non-hydrogen) atoms. The summed E-state index contributed by atoms with van der Waals surface area (Å²) < 4.78 is 59.8. The SMILES string of the molecule is CCN(Cc1ccccc1)c1ncc(NS(=O)(=O)c2cc(C)cc(C)c2)cc1C(=O)O.O=C(O)C(F)(F)F. The number of aliphatic carboxylic acids is 1. The van der Waals surface area contributed by atoms with E-state index in [4.69, 9.17) is 9.90 Å². The standard InChI is InChI=1S/C23H25N3O4S.C2HF3O2/c1-4-26(15-18-8-6-5-7-9-18)22-21(23(27)28)13-19(14-24-22)25-31(29,30)20-11-16(2)10-17(3)12-20;3-2(4,5)1(6)7/h5-14,25H,4,15H2,1-3H3,(H,27,28);(H,6,7). The Morgan fingerprint density at radius 2 is 1.55 bits per heavy atom. The molecule has 0 atom stereocenters. The minimum absolute atomic E-state index is 0.0709. The molecular formula is C25H26F3N3O6S. The van der Waals surface area contributed by atoms with Crippen LogP contribution < -0.4 is 9.62 Å². The van der Waals surface area contributed by atoms with Crippen LogP contribution in [-0.2, 0) is 21.4 Å². The third-order valence-corrected chi connectivity index (χ3v) is 6.36. The van der Waals surface area contributed by atoms with E-state index < -0.39 is 28.1 Å². The van der Waals surface area contributed by atoms with Crippen molar-refractivity contribution < 1.29 is 41.4 Å². The Kier molecular flexibility index (Phi) is 9.83. The summed E-state index contributed by atoms with van der Waals surface area (Å²) >= 11 is 0. The van der Waals surface area contributed by atoms with Gasteiger partial charge < -0.3 is 15.1 Å². The highest BCUT2D eigenvalue weighted by Gasteiger charge is 2.38. The lowest BCUT2D eigenvalue weighted by Crippen LogP contribution is -2.25. The first-order chi connectivity index (χ1) is 17.6. The molecule has 0 aliphatic carbocycles. The number of benzene rings is 2. The zero-order valence-electron chi connectivity index (χ0n) is 20.7. The van der Waals surface area contributed by atoms with Gasteiger partial charge in [0.1, 0.15) is 11.4 Å². The van der Waals surface area contributed by atoms with E-state index >= 15 is 0 Å². The average Bonchev–Trinajstić information content (AvgIpc) is 2.82. The average molecular weight is 554 g/mol. The summed E-state index contributed by atoms with van der Waals surface area (Å²) in [6, 6.07) is 16.0. The smallest absolute Gasteiger partial charge is 0.478 e. The number of aromatic nitrogens is 1. The van der Waals surface area contributed by atoms with Crippen molar-refractivity contribution in [3.05, 3.63) is 83.0 Å². The Bertz CT molecular complexity index is 1380. The molecule has 3 aromatic rings. The Balaban J connectivity index is 0.000000638. The molecule has 0 aliphatic rings. The predicted molar refractivity (Wildman–Crippen MR) is 135 cm³/mol. The number of anilines is 2. The van der Waals surface area contributed by atoms with Gasteiger partial charge in [0, 0.05) is 13.1 Å². The first-order valence-corrected chi connectivity index (χ1v) is 12.6. The lowest BCUT2D eigenvalue weighted by molar-refractivity contribution is -0.192. The van der Waals surface area contributed by atoms with Gasteiger partial charge in [0.25, 0.3) is 10.0 Å². The maximum atomic E-state index is 12.8. The molecule has 1 aromatic heterocycles. The molecule has 3 rings (SSSR count). The number of halogens is 3. The molecule has 2 aromatic carbocycles. The summed E-state index contributed by atoms with van der Waals surface area (Å²) in [5.74, 6) is -3.65. The zero-order valence-corrected chi connectivity index (χ0v) is 21.5. The van der Waals surface area contributed by atoms with Crippen molar-refractivity contribution in [2.45, 2.75) is 38.4 Å². The van der Waals surface area contributed by atoms with Crippen LogP contribution in [0.4, 0.5) is 24.7 Å². The third-order valence-electron chi connectivity index (χ3n) is 4.99. The fourth-order valence-corrected chi connectivity index (χ4v) is 4.59. The van der Waals surface area contributed by atoms with Gasteiger partial charge >= 0.3 is 18.1 Å². The first-order valence-electron chi connectivity index (χ1n) is 11.1. The van der Waals surface area contributed by atoms with Crippen molar-refractivity contribution in [3.63, 3.8) is 0 Å². The fourth-order valence-electron chi connectivity index (χ4n) is 3.37. The van der Waals surface area contributed by atoms with Gasteiger partial charge in [0.15, 0.2) is 0 Å². The topological polar surface area (TPSA) is 137 Å². The van der Waals surface area contributed by atoms with Crippen LogP contribution in [0, 0.1) is 13.8 Å². The summed E-state index contributed by atoms with van der Waals surface area (Å²) in [6.07, 6.45) is -3.74. The van der Waals surface area contributed by atoms with Crippen LogP contribution in [0.1, 0.15) is 34.0 Å². The van der Waals surface area contributed by atoms with E-state index in [0.717, 1.165) is 16.7 Å². The normalized spacial score (nSPS) is 11.2. The van der Waals surface area contributed by atoms with Gasteiger partial charge in [-0.15, -0.1) is 0 Å². The zero-order chi connectivity index (χ0) is 28.7. The summed E-state index contributed by atoms with van der Waals surface area (Å²) in [7, 11) is -3.88. The number of rotatable bonds is 8. The lowest BCUT2D eigenvalue weighted by atomic mass is 10.2. The van der Waals surface area contributed by atoms with Gasteiger partial charge in [0.05, 0.1) is 16.8 Å². The minimum Gasteiger partial charge on any atom is -0.478 e. The van der Waals surface area contributed by atoms with Crippen molar-refractivity contribution in [3.8, 4) is 0 Å². The van der Waals surface area contributed by atoms with Crippen molar-refractivity contribution >= 4 is 33.5 Å². The van der Waals surface area contributed by atoms with Gasteiger partial charge in [-0.05, 0) is 55.7 Å². The van der Waals surface area contributed by atoms with E-state index in [9.17, 15) is 31.5 Å². The number of carboxylic acid groups (broad SMARTS) is 2. The minimum atomic E-state index is -5.08. The Morgan fingerprint density at radius 3 is 2.03 bits per heavy atom. The molecule has 0 amide bonds. The number of nitrogens with zero attached hydrogens (tertiary/aromatic N) is 2. The molecule has 0 saturated carbocycles. The van der Waals surface area contributed by atoms with Crippen LogP contribution in [0.2, 0.25) is 0 Å². The number of aromatic carboxylic acids is 1. The summed E-state index contributed by atoms with van der Waals surface area (Å²) in [6.45, 7) is 6.56. The van der Waals surface area contributed by atoms with Gasteiger partial charge in [0.2, 0.25) is 0 Å². The number of aryl methyl sites for hydroxylation is 2. The maximum Gasteiger partial charge on any atom is 0.490 e. The van der Waals surface area contributed by atoms with Gasteiger partial charge in [-0.25, -0.2) is 23.0 Å². The van der Waals surface area contributed by atoms with Crippen molar-refractivity contribution in [2.75, 3.05) is 16.2 Å². The van der Waals surface area contributed by atoms with Crippen LogP contribution in [0.25, 0.3) is 0 Å². The molecule has 9 nitrogen and oxygen atoms in total. The third kappa shape index (κ3) is 8.47. The molecule has 0 spiro atoms. The van der Waals surface area contributed by atoms with E-state index in [1.54, 1.807) is 12.1 Å². The molecular weight excluding hydrogens is 527 g/mol. The maximum absolute atomic E-state index is 12.8. The van der Waals surface area contributed by atoms with Crippen LogP contribution >= 0.6 is 0 Å². The van der Waals surface area contributed by atoms with Crippen molar-refractivity contribution in [2.24, 2.45) is 0 Å². The number of nitrogens with one attached hydrogen (secondary N) is 1. The monoisotopic (exact) mass is 553 g/mol. The Labute approximate surface area is 217 Å². The fraction of sp³-hybridized carbons (Fsp3) is 0.240. The van der Waals surface area contributed by atoms with Crippen molar-refractivity contribution in [1.82, 2.24) is 4.98 Å². The van der Waals surface area contributed by atoms with Crippen LogP contribution in [0.5, 0.6) is 0 Å².